The molecule has 8 aromatic carbocycles. The Hall–Kier alpha value is -5.72. The molecule has 0 saturated carbocycles. The van der Waals surface area contributed by atoms with Crippen LogP contribution in [-0.2, 0) is 5.41 Å². The first-order valence-electron chi connectivity index (χ1n) is 16.2. The zero-order valence-electron chi connectivity index (χ0n) is 25.6. The van der Waals surface area contributed by atoms with Crippen molar-refractivity contribution in [2.45, 2.75) is 12.3 Å². The zero-order chi connectivity index (χ0) is 30.4. The third kappa shape index (κ3) is 3.23. The fourth-order valence-corrected chi connectivity index (χ4v) is 8.76. The summed E-state index contributed by atoms with van der Waals surface area (Å²) in [4.78, 5) is 0. The molecule has 0 N–H and O–H groups in total. The van der Waals surface area contributed by atoms with E-state index in [-0.39, 0.29) is 5.41 Å². The van der Waals surface area contributed by atoms with Crippen molar-refractivity contribution < 1.29 is 0 Å². The average Bonchev–Trinajstić information content (AvgIpc) is 3.57. The first kappa shape index (κ1) is 25.6. The van der Waals surface area contributed by atoms with Gasteiger partial charge >= 0.3 is 0 Å². The van der Waals surface area contributed by atoms with Crippen molar-refractivity contribution in [3.8, 4) is 44.5 Å². The summed E-state index contributed by atoms with van der Waals surface area (Å²) in [5.74, 6) is 0. The summed E-state index contributed by atoms with van der Waals surface area (Å²) in [6, 6.07) is 61.3. The highest BCUT2D eigenvalue weighted by atomic mass is 14.5. The molecule has 46 heavy (non-hydrogen) atoms. The normalized spacial score (nSPS) is 15.6. The van der Waals surface area contributed by atoms with Crippen molar-refractivity contribution in [3.63, 3.8) is 0 Å². The third-order valence-corrected chi connectivity index (χ3v) is 10.5. The molecule has 0 amide bonds. The quantitative estimate of drug-likeness (QED) is 0.178. The highest BCUT2D eigenvalue weighted by Crippen LogP contribution is 2.63. The van der Waals surface area contributed by atoms with Gasteiger partial charge < -0.3 is 0 Å². The lowest BCUT2D eigenvalue weighted by Gasteiger charge is -2.31. The second kappa shape index (κ2) is 9.39. The monoisotopic (exact) mass is 582 g/mol. The molecule has 0 heterocycles. The zero-order valence-corrected chi connectivity index (χ0v) is 25.6. The molecule has 214 valence electrons. The van der Waals surface area contributed by atoms with E-state index in [1.807, 2.05) is 0 Å². The molecular formula is C46H30. The molecule has 2 aliphatic rings. The van der Waals surface area contributed by atoms with Gasteiger partial charge in [0.2, 0.25) is 0 Å². The van der Waals surface area contributed by atoms with Crippen molar-refractivity contribution in [1.82, 2.24) is 0 Å². The van der Waals surface area contributed by atoms with Crippen molar-refractivity contribution in [3.05, 3.63) is 192 Å². The number of hydrogen-bond acceptors (Lipinski definition) is 0. The maximum Gasteiger partial charge on any atom is 0.0725 e. The predicted octanol–water partition coefficient (Wildman–Crippen LogP) is 12.0. The first-order chi connectivity index (χ1) is 22.7. The average molecular weight is 583 g/mol. The molecule has 0 unspecified atom stereocenters. The molecule has 0 heteroatoms. The van der Waals surface area contributed by atoms with E-state index in [2.05, 4.69) is 171 Å². The molecule has 0 bridgehead atoms. The molecule has 10 rings (SSSR count). The first-order valence-corrected chi connectivity index (χ1v) is 16.2. The molecule has 1 spiro atoms. The smallest absolute Gasteiger partial charge is 0.0622 e. The Labute approximate surface area is 269 Å². The van der Waals surface area contributed by atoms with Crippen molar-refractivity contribution in [1.29, 1.82) is 0 Å². The molecule has 0 radical (unpaired) electrons. The maximum atomic E-state index is 2.53. The Balaban J connectivity index is 1.34. The summed E-state index contributed by atoms with van der Waals surface area (Å²) in [6.07, 6.45) is 0. The van der Waals surface area contributed by atoms with Gasteiger partial charge in [-0.05, 0) is 101 Å². The summed E-state index contributed by atoms with van der Waals surface area (Å²) in [5, 5.41) is 5.14. The Morgan fingerprint density at radius 1 is 0.326 bits per heavy atom. The Bertz CT molecular complexity index is 2460. The molecular weight excluding hydrogens is 553 g/mol. The summed E-state index contributed by atoms with van der Waals surface area (Å²) in [5.41, 5.74) is 16.9. The van der Waals surface area contributed by atoms with E-state index < -0.39 is 0 Å². The van der Waals surface area contributed by atoms with Gasteiger partial charge in [-0.1, -0.05) is 163 Å². The standard InChI is InChI=1S/C46H30/c1-29-23-25-34-32-15-9-11-21-40(32)46(42(34)27-29)41-22-12-10-16-33(41)35-26-24-31(28-43(35)46)45-38-19-7-5-17-36(38)44(30-13-3-2-4-14-30)37-18-6-8-20-39(37)45/h2-28H,1H3/t46-/m0/s1. The van der Waals surface area contributed by atoms with E-state index in [9.17, 15) is 0 Å². The van der Waals surface area contributed by atoms with Crippen LogP contribution in [-0.4, -0.2) is 0 Å². The molecule has 1 atom stereocenters. The van der Waals surface area contributed by atoms with E-state index in [1.54, 1.807) is 0 Å². The van der Waals surface area contributed by atoms with Crippen LogP contribution in [0, 0.1) is 6.92 Å². The number of hydrogen-bond donors (Lipinski definition) is 0. The minimum Gasteiger partial charge on any atom is -0.0622 e. The number of rotatable bonds is 2. The Morgan fingerprint density at radius 2 is 0.761 bits per heavy atom. The van der Waals surface area contributed by atoms with E-state index in [0.717, 1.165) is 0 Å². The topological polar surface area (TPSA) is 0 Å². The van der Waals surface area contributed by atoms with Crippen LogP contribution in [0.15, 0.2) is 164 Å². The summed E-state index contributed by atoms with van der Waals surface area (Å²) < 4.78 is 0. The fraction of sp³-hybridized carbons (Fsp3) is 0.0435. The van der Waals surface area contributed by atoms with Gasteiger partial charge in [0, 0.05) is 0 Å². The molecule has 2 aliphatic carbocycles. The van der Waals surface area contributed by atoms with Crippen LogP contribution in [0.25, 0.3) is 66.1 Å². The highest BCUT2D eigenvalue weighted by molar-refractivity contribution is 6.21. The van der Waals surface area contributed by atoms with E-state index in [1.165, 1.54) is 93.9 Å². The molecule has 0 aromatic heterocycles. The molecule has 0 aliphatic heterocycles. The lowest BCUT2D eigenvalue weighted by atomic mass is 9.70. The fourth-order valence-electron chi connectivity index (χ4n) is 8.76. The van der Waals surface area contributed by atoms with Gasteiger partial charge in [-0.25, -0.2) is 0 Å². The van der Waals surface area contributed by atoms with Gasteiger partial charge in [0.05, 0.1) is 5.41 Å². The summed E-state index contributed by atoms with van der Waals surface area (Å²) >= 11 is 0. The largest absolute Gasteiger partial charge is 0.0725 e. The predicted molar refractivity (Wildman–Crippen MR) is 193 cm³/mol. The van der Waals surface area contributed by atoms with Crippen LogP contribution < -0.4 is 0 Å². The van der Waals surface area contributed by atoms with E-state index >= 15 is 0 Å². The Morgan fingerprint density at radius 3 is 1.35 bits per heavy atom. The lowest BCUT2D eigenvalue weighted by molar-refractivity contribution is 0.793. The lowest BCUT2D eigenvalue weighted by Crippen LogP contribution is -2.26. The number of fused-ring (bicyclic) bond motifs is 12. The maximum absolute atomic E-state index is 2.53. The van der Waals surface area contributed by atoms with Crippen LogP contribution in [0.3, 0.4) is 0 Å². The highest BCUT2D eigenvalue weighted by Gasteiger charge is 2.51. The van der Waals surface area contributed by atoms with Crippen molar-refractivity contribution in [2.24, 2.45) is 0 Å². The third-order valence-electron chi connectivity index (χ3n) is 10.5. The van der Waals surface area contributed by atoms with E-state index in [4.69, 9.17) is 0 Å². The minimum atomic E-state index is -0.366. The van der Waals surface area contributed by atoms with Crippen molar-refractivity contribution >= 4 is 21.5 Å². The number of aryl methyl sites for hydroxylation is 1. The van der Waals surface area contributed by atoms with Gasteiger partial charge in [-0.2, -0.15) is 0 Å². The van der Waals surface area contributed by atoms with Crippen LogP contribution in [0.5, 0.6) is 0 Å². The van der Waals surface area contributed by atoms with Crippen LogP contribution >= 0.6 is 0 Å². The molecule has 0 nitrogen and oxygen atoms in total. The van der Waals surface area contributed by atoms with Gasteiger partial charge in [0.25, 0.3) is 0 Å². The SMILES string of the molecule is Cc1ccc2c(c1)[C@]1(c3ccccc3-2)c2ccccc2-c2ccc(-c3c4ccccc4c(-c4ccccc4)c4ccccc34)cc21. The summed E-state index contributed by atoms with van der Waals surface area (Å²) in [7, 11) is 0. The minimum absolute atomic E-state index is 0.366. The molecule has 0 fully saturated rings. The Kier molecular flexibility index (Phi) is 5.23. The van der Waals surface area contributed by atoms with Crippen LogP contribution in [0.2, 0.25) is 0 Å². The van der Waals surface area contributed by atoms with Gasteiger partial charge in [0.15, 0.2) is 0 Å². The van der Waals surface area contributed by atoms with Gasteiger partial charge in [-0.3, -0.25) is 0 Å². The van der Waals surface area contributed by atoms with Crippen LogP contribution in [0.1, 0.15) is 27.8 Å². The van der Waals surface area contributed by atoms with Gasteiger partial charge in [0.1, 0.15) is 0 Å². The summed E-state index contributed by atoms with van der Waals surface area (Å²) in [6.45, 7) is 2.22. The van der Waals surface area contributed by atoms with Crippen LogP contribution in [0.4, 0.5) is 0 Å². The second-order valence-corrected chi connectivity index (χ2v) is 12.9. The van der Waals surface area contributed by atoms with Gasteiger partial charge in [-0.15, -0.1) is 0 Å². The van der Waals surface area contributed by atoms with E-state index in [0.29, 0.717) is 0 Å². The number of benzene rings is 8. The molecule has 0 saturated heterocycles. The molecule has 8 aromatic rings. The second-order valence-electron chi connectivity index (χ2n) is 12.9. The van der Waals surface area contributed by atoms with Crippen molar-refractivity contribution in [2.75, 3.05) is 0 Å².